The van der Waals surface area contributed by atoms with Gasteiger partial charge in [-0.1, -0.05) is 42.1 Å². The first kappa shape index (κ1) is 16.0. The summed E-state index contributed by atoms with van der Waals surface area (Å²) in [6.45, 7) is 0.853. The lowest BCUT2D eigenvalue weighted by molar-refractivity contribution is 0.907. The maximum atomic E-state index is 4.58. The summed E-state index contributed by atoms with van der Waals surface area (Å²) in [5.41, 5.74) is 1.95. The monoisotopic (exact) mass is 368 g/mol. The third kappa shape index (κ3) is 3.80. The van der Waals surface area contributed by atoms with Gasteiger partial charge in [0.2, 0.25) is 0 Å². The lowest BCUT2D eigenvalue weighted by atomic mass is 10.1. The Kier molecular flexibility index (Phi) is 4.89. The van der Waals surface area contributed by atoms with Crippen LogP contribution in [-0.4, -0.2) is 36.9 Å². The van der Waals surface area contributed by atoms with Gasteiger partial charge in [-0.05, 0) is 6.42 Å². The number of thioether (sulfide) groups is 1. The summed E-state index contributed by atoms with van der Waals surface area (Å²) in [7, 11) is 0. The van der Waals surface area contributed by atoms with Gasteiger partial charge in [0.05, 0.1) is 5.69 Å². The summed E-state index contributed by atoms with van der Waals surface area (Å²) < 4.78 is 2.86. The molecule has 0 fully saturated rings. The second-order valence-electron chi connectivity index (χ2n) is 5.29. The van der Waals surface area contributed by atoms with Crippen LogP contribution in [0.3, 0.4) is 0 Å². The summed E-state index contributed by atoms with van der Waals surface area (Å²) in [4.78, 5) is 13.1. The molecule has 0 saturated carbocycles. The Morgan fingerprint density at radius 3 is 2.92 bits per heavy atom. The highest BCUT2D eigenvalue weighted by molar-refractivity contribution is 8.00. The predicted molar refractivity (Wildman–Crippen MR) is 102 cm³/mol. The maximum Gasteiger partial charge on any atom is 0.254 e. The number of anilines is 1. The van der Waals surface area contributed by atoms with Gasteiger partial charge in [0.25, 0.3) is 5.78 Å². The van der Waals surface area contributed by atoms with Crippen molar-refractivity contribution in [2.45, 2.75) is 10.8 Å². The lowest BCUT2D eigenvalue weighted by Crippen LogP contribution is -2.08. The van der Waals surface area contributed by atoms with Crippen LogP contribution in [0.5, 0.6) is 0 Å². The van der Waals surface area contributed by atoms with E-state index < -0.39 is 0 Å². The van der Waals surface area contributed by atoms with E-state index in [0.29, 0.717) is 5.78 Å². The standard InChI is InChI=1S/C17H16N6S2/c1-2-5-13(6-3-1)14-11-15(23-16(22-14)20-12-21-23)18-7-4-9-24-17-19-8-10-25-17/h1-3,5-6,8,10-12,18H,4,7,9H2. The van der Waals surface area contributed by atoms with E-state index in [9.17, 15) is 0 Å². The minimum Gasteiger partial charge on any atom is -0.370 e. The molecule has 0 aliphatic rings. The van der Waals surface area contributed by atoms with Gasteiger partial charge in [0.1, 0.15) is 16.5 Å². The molecule has 0 radical (unpaired) electrons. The van der Waals surface area contributed by atoms with E-state index in [1.54, 1.807) is 27.6 Å². The molecule has 3 heterocycles. The molecule has 0 unspecified atom stereocenters. The van der Waals surface area contributed by atoms with Gasteiger partial charge >= 0.3 is 0 Å². The molecule has 0 bridgehead atoms. The fraction of sp³-hybridized carbons (Fsp3) is 0.176. The molecule has 0 amide bonds. The number of fused-ring (bicyclic) bond motifs is 1. The van der Waals surface area contributed by atoms with E-state index in [4.69, 9.17) is 0 Å². The van der Waals surface area contributed by atoms with E-state index >= 15 is 0 Å². The van der Waals surface area contributed by atoms with E-state index in [0.717, 1.165) is 40.1 Å². The van der Waals surface area contributed by atoms with Gasteiger partial charge < -0.3 is 5.32 Å². The molecular weight excluding hydrogens is 352 g/mol. The average Bonchev–Trinajstić information content (AvgIpc) is 3.33. The molecule has 0 atom stereocenters. The van der Waals surface area contributed by atoms with E-state index in [-0.39, 0.29) is 0 Å². The Hall–Kier alpha value is -2.45. The average molecular weight is 368 g/mol. The number of nitrogens with zero attached hydrogens (tertiary/aromatic N) is 5. The first-order chi connectivity index (χ1) is 12.4. The van der Waals surface area contributed by atoms with Crippen LogP contribution >= 0.6 is 23.1 Å². The van der Waals surface area contributed by atoms with Crippen molar-refractivity contribution in [2.24, 2.45) is 0 Å². The van der Waals surface area contributed by atoms with E-state index in [2.05, 4.69) is 25.4 Å². The van der Waals surface area contributed by atoms with Gasteiger partial charge in [-0.3, -0.25) is 0 Å². The highest BCUT2D eigenvalue weighted by Crippen LogP contribution is 2.22. The molecule has 4 rings (SSSR count). The Labute approximate surface area is 153 Å². The summed E-state index contributed by atoms with van der Waals surface area (Å²) in [5.74, 6) is 2.53. The Morgan fingerprint density at radius 1 is 1.16 bits per heavy atom. The fourth-order valence-corrected chi connectivity index (χ4v) is 4.07. The SMILES string of the molecule is c1ccc(-c2cc(NCCCSc3nccs3)n3ncnc3n2)cc1. The van der Waals surface area contributed by atoms with Crippen molar-refractivity contribution in [3.05, 3.63) is 54.3 Å². The highest BCUT2D eigenvalue weighted by atomic mass is 32.2. The van der Waals surface area contributed by atoms with Crippen LogP contribution in [0.2, 0.25) is 0 Å². The first-order valence-corrected chi connectivity index (χ1v) is 9.79. The summed E-state index contributed by atoms with van der Waals surface area (Å²) >= 11 is 3.47. The van der Waals surface area contributed by atoms with Gasteiger partial charge in [-0.25, -0.2) is 9.97 Å². The van der Waals surface area contributed by atoms with Crippen molar-refractivity contribution < 1.29 is 0 Å². The highest BCUT2D eigenvalue weighted by Gasteiger charge is 2.08. The molecular formula is C17H16N6S2. The van der Waals surface area contributed by atoms with Gasteiger partial charge in [-0.15, -0.1) is 11.3 Å². The Balaban J connectivity index is 1.46. The number of nitrogens with one attached hydrogen (secondary N) is 1. The van der Waals surface area contributed by atoms with Crippen LogP contribution < -0.4 is 5.32 Å². The predicted octanol–water partition coefficient (Wildman–Crippen LogP) is 3.84. The van der Waals surface area contributed by atoms with Crippen LogP contribution in [-0.2, 0) is 0 Å². The van der Waals surface area contributed by atoms with Crippen molar-refractivity contribution in [2.75, 3.05) is 17.6 Å². The molecule has 0 saturated heterocycles. The Morgan fingerprint density at radius 2 is 2.08 bits per heavy atom. The quantitative estimate of drug-likeness (QED) is 0.395. The zero-order valence-corrected chi connectivity index (χ0v) is 15.0. The second kappa shape index (κ2) is 7.62. The van der Waals surface area contributed by atoms with Gasteiger partial charge in [0.15, 0.2) is 0 Å². The number of benzene rings is 1. The number of hydrogen-bond acceptors (Lipinski definition) is 7. The van der Waals surface area contributed by atoms with Crippen molar-refractivity contribution in [1.82, 2.24) is 24.6 Å². The van der Waals surface area contributed by atoms with Crippen molar-refractivity contribution in [3.63, 3.8) is 0 Å². The largest absolute Gasteiger partial charge is 0.370 e. The Bertz CT molecular complexity index is 936. The fourth-order valence-electron chi connectivity index (χ4n) is 2.42. The molecule has 0 aliphatic heterocycles. The molecule has 1 N–H and O–H groups in total. The van der Waals surface area contributed by atoms with Gasteiger partial charge in [-0.2, -0.15) is 14.6 Å². The van der Waals surface area contributed by atoms with Crippen LogP contribution in [0.15, 0.2) is 58.6 Å². The summed E-state index contributed by atoms with van der Waals surface area (Å²) in [6.07, 6.45) is 4.40. The molecule has 1 aromatic carbocycles. The molecule has 0 aliphatic carbocycles. The van der Waals surface area contributed by atoms with Crippen molar-refractivity contribution in [3.8, 4) is 11.3 Å². The lowest BCUT2D eigenvalue weighted by Gasteiger charge is -2.09. The second-order valence-corrected chi connectivity index (χ2v) is 7.53. The third-order valence-electron chi connectivity index (χ3n) is 3.58. The summed E-state index contributed by atoms with van der Waals surface area (Å²) in [6, 6.07) is 12.1. The topological polar surface area (TPSA) is 68.0 Å². The number of rotatable bonds is 7. The zero-order valence-electron chi connectivity index (χ0n) is 13.4. The number of hydrogen-bond donors (Lipinski definition) is 1. The van der Waals surface area contributed by atoms with Crippen LogP contribution in [0.25, 0.3) is 17.0 Å². The zero-order chi connectivity index (χ0) is 16.9. The van der Waals surface area contributed by atoms with E-state index in [1.807, 2.05) is 48.0 Å². The normalized spacial score (nSPS) is 11.0. The number of thiazole rings is 1. The smallest absolute Gasteiger partial charge is 0.254 e. The van der Waals surface area contributed by atoms with Crippen LogP contribution in [0.1, 0.15) is 6.42 Å². The number of aromatic nitrogens is 5. The molecule has 3 aromatic heterocycles. The molecule has 25 heavy (non-hydrogen) atoms. The van der Waals surface area contributed by atoms with Crippen LogP contribution in [0.4, 0.5) is 5.82 Å². The molecule has 8 heteroatoms. The minimum atomic E-state index is 0.598. The van der Waals surface area contributed by atoms with Crippen molar-refractivity contribution >= 4 is 34.7 Å². The van der Waals surface area contributed by atoms with E-state index in [1.165, 1.54) is 6.33 Å². The third-order valence-corrected chi connectivity index (χ3v) is 5.64. The first-order valence-electron chi connectivity index (χ1n) is 7.92. The van der Waals surface area contributed by atoms with Gasteiger partial charge in [0, 0.05) is 35.5 Å². The molecule has 0 spiro atoms. The maximum absolute atomic E-state index is 4.58. The molecule has 4 aromatic rings. The van der Waals surface area contributed by atoms with Crippen LogP contribution in [0, 0.1) is 0 Å². The molecule has 126 valence electrons. The minimum absolute atomic E-state index is 0.598. The summed E-state index contributed by atoms with van der Waals surface area (Å²) in [5, 5.41) is 9.72. The van der Waals surface area contributed by atoms with Crippen molar-refractivity contribution in [1.29, 1.82) is 0 Å². The molecule has 6 nitrogen and oxygen atoms in total.